The number of thiazole rings is 1. The van der Waals surface area contributed by atoms with E-state index in [1.54, 1.807) is 17.0 Å². The zero-order valence-corrected chi connectivity index (χ0v) is 17.6. The summed E-state index contributed by atoms with van der Waals surface area (Å²) in [6.07, 6.45) is 0.0591. The minimum absolute atomic E-state index is 0.0318. The Hall–Kier alpha value is -3.37. The van der Waals surface area contributed by atoms with Gasteiger partial charge in [-0.25, -0.2) is 14.6 Å². The summed E-state index contributed by atoms with van der Waals surface area (Å²) in [4.78, 5) is 33.9. The molecule has 10 heteroatoms. The van der Waals surface area contributed by atoms with Crippen molar-refractivity contribution in [3.8, 4) is 16.4 Å². The largest absolute Gasteiger partial charge is 0.466 e. The number of esters is 1. The molecule has 0 bridgehead atoms. The standard InChI is InChI=1S/C20H17N5O3S2/c1-2-28-16(26)11-13-12-30-20(21-13)23-19(27)17-22-18(15-9-6-10-29-15)25(24-17)14-7-4-3-5-8-14/h3-10,12H,2,11H2,1H3,(H,21,23,27). The summed E-state index contributed by atoms with van der Waals surface area (Å²) in [6, 6.07) is 13.4. The molecule has 0 aliphatic rings. The van der Waals surface area contributed by atoms with Crippen LogP contribution in [-0.4, -0.2) is 38.2 Å². The van der Waals surface area contributed by atoms with Crippen molar-refractivity contribution in [2.75, 3.05) is 11.9 Å². The lowest BCUT2D eigenvalue weighted by atomic mass is 10.3. The van der Waals surface area contributed by atoms with Crippen molar-refractivity contribution in [2.24, 2.45) is 0 Å². The fraction of sp³-hybridized carbons (Fsp3) is 0.150. The smallest absolute Gasteiger partial charge is 0.311 e. The normalized spacial score (nSPS) is 10.7. The number of nitrogens with one attached hydrogen (secondary N) is 1. The molecule has 0 unspecified atom stereocenters. The Morgan fingerprint density at radius 3 is 2.67 bits per heavy atom. The van der Waals surface area contributed by atoms with Gasteiger partial charge in [0.15, 0.2) is 11.0 Å². The topological polar surface area (TPSA) is 99.0 Å². The fourth-order valence-electron chi connectivity index (χ4n) is 2.68. The monoisotopic (exact) mass is 439 g/mol. The second-order valence-electron chi connectivity index (χ2n) is 6.06. The average molecular weight is 440 g/mol. The van der Waals surface area contributed by atoms with Crippen molar-refractivity contribution in [1.82, 2.24) is 19.7 Å². The Bertz CT molecular complexity index is 1150. The van der Waals surface area contributed by atoms with Crippen LogP contribution in [0.1, 0.15) is 23.2 Å². The van der Waals surface area contributed by atoms with Crippen molar-refractivity contribution in [3.05, 3.63) is 64.7 Å². The van der Waals surface area contributed by atoms with Crippen LogP contribution in [0.2, 0.25) is 0 Å². The van der Waals surface area contributed by atoms with E-state index in [1.807, 2.05) is 47.8 Å². The summed E-state index contributed by atoms with van der Waals surface area (Å²) < 4.78 is 6.56. The molecule has 0 atom stereocenters. The van der Waals surface area contributed by atoms with Crippen molar-refractivity contribution in [2.45, 2.75) is 13.3 Å². The molecule has 0 fully saturated rings. The number of ether oxygens (including phenoxy) is 1. The van der Waals surface area contributed by atoms with E-state index in [4.69, 9.17) is 4.74 Å². The Labute approximate surface area is 180 Å². The van der Waals surface area contributed by atoms with Gasteiger partial charge in [0, 0.05) is 5.38 Å². The Morgan fingerprint density at radius 1 is 1.10 bits per heavy atom. The zero-order valence-electron chi connectivity index (χ0n) is 15.9. The number of benzene rings is 1. The number of hydrogen-bond donors (Lipinski definition) is 1. The number of carbonyl (C=O) groups is 2. The second kappa shape index (κ2) is 8.97. The van der Waals surface area contributed by atoms with Crippen LogP contribution in [0.15, 0.2) is 53.2 Å². The SMILES string of the molecule is CCOC(=O)Cc1csc(NC(=O)c2nc(-c3cccs3)n(-c3ccccc3)n2)n1. The lowest BCUT2D eigenvalue weighted by Crippen LogP contribution is -2.14. The molecule has 3 aromatic heterocycles. The molecule has 1 N–H and O–H groups in total. The van der Waals surface area contributed by atoms with Gasteiger partial charge in [-0.3, -0.25) is 14.9 Å². The molecule has 4 rings (SSSR count). The van der Waals surface area contributed by atoms with Gasteiger partial charge in [0.05, 0.1) is 29.3 Å². The highest BCUT2D eigenvalue weighted by Crippen LogP contribution is 2.26. The number of hydrogen-bond acceptors (Lipinski definition) is 8. The molecule has 152 valence electrons. The van der Waals surface area contributed by atoms with E-state index >= 15 is 0 Å². The summed E-state index contributed by atoms with van der Waals surface area (Å²) >= 11 is 2.74. The Balaban J connectivity index is 1.56. The van der Waals surface area contributed by atoms with Crippen molar-refractivity contribution < 1.29 is 14.3 Å². The first-order valence-electron chi connectivity index (χ1n) is 9.11. The molecule has 0 saturated carbocycles. The lowest BCUT2D eigenvalue weighted by Gasteiger charge is -2.03. The van der Waals surface area contributed by atoms with Gasteiger partial charge in [0.2, 0.25) is 5.82 Å². The summed E-state index contributed by atoms with van der Waals surface area (Å²) in [6.45, 7) is 2.06. The van der Waals surface area contributed by atoms with E-state index in [2.05, 4.69) is 20.4 Å². The highest BCUT2D eigenvalue weighted by atomic mass is 32.1. The van der Waals surface area contributed by atoms with Crippen LogP contribution in [0.5, 0.6) is 0 Å². The van der Waals surface area contributed by atoms with Gasteiger partial charge in [0.25, 0.3) is 5.91 Å². The van der Waals surface area contributed by atoms with Crippen molar-refractivity contribution >= 4 is 39.7 Å². The van der Waals surface area contributed by atoms with E-state index in [1.165, 1.54) is 22.7 Å². The quantitative estimate of drug-likeness (QED) is 0.440. The van der Waals surface area contributed by atoms with Crippen LogP contribution in [0.3, 0.4) is 0 Å². The Kier molecular flexibility index (Phi) is 5.96. The van der Waals surface area contributed by atoms with Crippen LogP contribution in [0.25, 0.3) is 16.4 Å². The summed E-state index contributed by atoms with van der Waals surface area (Å²) in [5.74, 6) is -0.211. The minimum atomic E-state index is -0.473. The second-order valence-corrected chi connectivity index (χ2v) is 7.87. The Morgan fingerprint density at radius 2 is 1.93 bits per heavy atom. The fourth-order valence-corrected chi connectivity index (χ4v) is 4.08. The third kappa shape index (κ3) is 4.44. The lowest BCUT2D eigenvalue weighted by molar-refractivity contribution is -0.142. The minimum Gasteiger partial charge on any atom is -0.466 e. The maximum atomic E-state index is 12.7. The highest BCUT2D eigenvalue weighted by molar-refractivity contribution is 7.14. The predicted octanol–water partition coefficient (Wildman–Crippen LogP) is 3.81. The molecular formula is C20H17N5O3S2. The molecular weight excluding hydrogens is 422 g/mol. The van der Waals surface area contributed by atoms with Gasteiger partial charge in [-0.15, -0.1) is 27.8 Å². The maximum Gasteiger partial charge on any atom is 0.311 e. The van der Waals surface area contributed by atoms with Gasteiger partial charge in [-0.05, 0) is 30.5 Å². The number of thiophene rings is 1. The first-order chi connectivity index (χ1) is 14.6. The number of para-hydroxylation sites is 1. The number of nitrogens with zero attached hydrogens (tertiary/aromatic N) is 4. The molecule has 8 nitrogen and oxygen atoms in total. The van der Waals surface area contributed by atoms with E-state index in [0.29, 0.717) is 23.3 Å². The van der Waals surface area contributed by atoms with Crippen LogP contribution in [-0.2, 0) is 16.0 Å². The van der Waals surface area contributed by atoms with Crippen LogP contribution in [0.4, 0.5) is 5.13 Å². The molecule has 0 spiro atoms. The number of anilines is 1. The predicted molar refractivity (Wildman–Crippen MR) is 115 cm³/mol. The third-order valence-corrected chi connectivity index (χ3v) is 5.63. The average Bonchev–Trinajstić information content (AvgIpc) is 3.49. The molecule has 0 radical (unpaired) electrons. The third-order valence-electron chi connectivity index (χ3n) is 3.96. The van der Waals surface area contributed by atoms with Crippen LogP contribution >= 0.6 is 22.7 Å². The van der Waals surface area contributed by atoms with E-state index < -0.39 is 5.91 Å². The van der Waals surface area contributed by atoms with E-state index in [9.17, 15) is 9.59 Å². The first-order valence-corrected chi connectivity index (χ1v) is 10.9. The van der Waals surface area contributed by atoms with Crippen molar-refractivity contribution in [3.63, 3.8) is 0 Å². The zero-order chi connectivity index (χ0) is 20.9. The molecule has 0 saturated heterocycles. The number of rotatable bonds is 7. The molecule has 30 heavy (non-hydrogen) atoms. The van der Waals surface area contributed by atoms with E-state index in [-0.39, 0.29) is 18.2 Å². The summed E-state index contributed by atoms with van der Waals surface area (Å²) in [5, 5.41) is 11.1. The number of aromatic nitrogens is 4. The van der Waals surface area contributed by atoms with Crippen molar-refractivity contribution in [1.29, 1.82) is 0 Å². The molecule has 0 aliphatic heterocycles. The van der Waals surface area contributed by atoms with Gasteiger partial charge < -0.3 is 4.74 Å². The maximum absolute atomic E-state index is 12.7. The summed E-state index contributed by atoms with van der Waals surface area (Å²) in [5.41, 5.74) is 1.34. The number of amides is 1. The molecule has 1 aromatic carbocycles. The molecule has 0 aliphatic carbocycles. The van der Waals surface area contributed by atoms with E-state index in [0.717, 1.165) is 10.6 Å². The van der Waals surface area contributed by atoms with Crippen LogP contribution in [0, 0.1) is 0 Å². The first kappa shape index (κ1) is 19.9. The van der Waals surface area contributed by atoms with Gasteiger partial charge in [-0.2, -0.15) is 0 Å². The molecule has 1 amide bonds. The highest BCUT2D eigenvalue weighted by Gasteiger charge is 2.20. The van der Waals surface area contributed by atoms with Crippen LogP contribution < -0.4 is 5.32 Å². The summed E-state index contributed by atoms with van der Waals surface area (Å²) in [7, 11) is 0. The van der Waals surface area contributed by atoms with Gasteiger partial charge in [0.1, 0.15) is 0 Å². The van der Waals surface area contributed by atoms with Gasteiger partial charge in [-0.1, -0.05) is 24.3 Å². The van der Waals surface area contributed by atoms with Gasteiger partial charge >= 0.3 is 5.97 Å². The number of carbonyl (C=O) groups excluding carboxylic acids is 2. The molecule has 3 heterocycles. The molecule has 4 aromatic rings.